The lowest BCUT2D eigenvalue weighted by molar-refractivity contribution is 1.17. The van der Waals surface area contributed by atoms with E-state index in [-0.39, 0.29) is 0 Å². The fourth-order valence-electron chi connectivity index (χ4n) is 1.42. The van der Waals surface area contributed by atoms with Crippen LogP contribution in [0.2, 0.25) is 4.34 Å². The summed E-state index contributed by atoms with van der Waals surface area (Å²) in [6.07, 6.45) is 1.01. The Morgan fingerprint density at radius 3 is 2.92 bits per heavy atom. The molecule has 0 aliphatic rings. The number of hydrogen-bond acceptors (Lipinski definition) is 1. The summed E-state index contributed by atoms with van der Waals surface area (Å²) in [5.41, 5.74) is 1.29. The van der Waals surface area contributed by atoms with Crippen LogP contribution < -0.4 is 0 Å². The van der Waals surface area contributed by atoms with Crippen molar-refractivity contribution in [3.8, 4) is 0 Å². The summed E-state index contributed by atoms with van der Waals surface area (Å²) >= 11 is 10.1. The van der Waals surface area contributed by atoms with Crippen molar-refractivity contribution >= 4 is 55.6 Å². The van der Waals surface area contributed by atoms with Gasteiger partial charge in [-0.2, -0.15) is 0 Å². The van der Waals surface area contributed by atoms with E-state index in [0.29, 0.717) is 0 Å². The Hall–Kier alpha value is 0.200. The van der Waals surface area contributed by atoms with E-state index < -0.39 is 0 Å². The van der Waals surface area contributed by atoms with Gasteiger partial charge in [0.25, 0.3) is 0 Å². The minimum absolute atomic E-state index is 0.944. The van der Waals surface area contributed by atoms with Crippen LogP contribution in [0.3, 0.4) is 0 Å². The smallest absolute Gasteiger partial charge is 0.0972 e. The maximum atomic E-state index is 6.14. The molecule has 0 saturated carbocycles. The Bertz CT molecular complexity index is 447. The van der Waals surface area contributed by atoms with Crippen molar-refractivity contribution in [2.24, 2.45) is 0 Å². The molecule has 3 heteroatoms. The molecule has 0 N–H and O–H groups in total. The summed E-state index contributed by atoms with van der Waals surface area (Å²) in [5, 5.41) is 1.32. The highest BCUT2D eigenvalue weighted by Crippen LogP contribution is 2.36. The van der Waals surface area contributed by atoms with Gasteiger partial charge in [-0.25, -0.2) is 0 Å². The van der Waals surface area contributed by atoms with Crippen LogP contribution in [0.25, 0.3) is 10.1 Å². The lowest BCUT2D eigenvalue weighted by Gasteiger charge is -1.95. The Morgan fingerprint density at radius 1 is 1.46 bits per heavy atom. The van der Waals surface area contributed by atoms with Crippen molar-refractivity contribution in [2.45, 2.75) is 13.3 Å². The molecule has 0 bridgehead atoms. The molecule has 0 aliphatic heterocycles. The second kappa shape index (κ2) is 3.75. The summed E-state index contributed by atoms with van der Waals surface area (Å²) in [6, 6.07) is 6.47. The van der Waals surface area contributed by atoms with E-state index in [2.05, 4.69) is 47.7 Å². The average Bonchev–Trinajstić information content (AvgIpc) is 2.40. The lowest BCUT2D eigenvalue weighted by atomic mass is 10.1. The van der Waals surface area contributed by atoms with Gasteiger partial charge in [-0.3, -0.25) is 0 Å². The van der Waals surface area contributed by atoms with Crippen molar-refractivity contribution < 1.29 is 0 Å². The van der Waals surface area contributed by atoms with E-state index in [9.17, 15) is 0 Å². The van der Waals surface area contributed by atoms with Crippen LogP contribution in [-0.2, 0) is 6.42 Å². The van der Waals surface area contributed by atoms with Crippen molar-refractivity contribution in [2.75, 3.05) is 0 Å². The van der Waals surface area contributed by atoms with Crippen LogP contribution in [0.4, 0.5) is 0 Å². The normalized spacial score (nSPS) is 11.0. The van der Waals surface area contributed by atoms with Crippen molar-refractivity contribution in [3.05, 3.63) is 31.7 Å². The number of thiophene rings is 1. The molecule has 0 aliphatic carbocycles. The molecule has 0 amide bonds. The minimum atomic E-state index is 0.944. The van der Waals surface area contributed by atoms with Crippen LogP contribution in [0.5, 0.6) is 0 Å². The van der Waals surface area contributed by atoms with Crippen LogP contribution in [0.15, 0.2) is 18.2 Å². The summed E-state index contributed by atoms with van der Waals surface area (Å²) in [6.45, 7) is 2.15. The summed E-state index contributed by atoms with van der Waals surface area (Å²) in [7, 11) is 0. The topological polar surface area (TPSA) is 0 Å². The molecule has 1 aromatic carbocycles. The number of benzene rings is 1. The molecule has 0 saturated heterocycles. The Labute approximate surface area is 100 Å². The average molecular weight is 323 g/mol. The highest BCUT2D eigenvalue weighted by Gasteiger charge is 2.08. The van der Waals surface area contributed by atoms with Crippen LogP contribution in [0.1, 0.15) is 12.5 Å². The van der Waals surface area contributed by atoms with Gasteiger partial charge in [-0.15, -0.1) is 11.3 Å². The van der Waals surface area contributed by atoms with Gasteiger partial charge >= 0.3 is 0 Å². The molecule has 0 atom stereocenters. The first kappa shape index (κ1) is 9.74. The van der Waals surface area contributed by atoms with Crippen LogP contribution in [0, 0.1) is 3.57 Å². The minimum Gasteiger partial charge on any atom is -0.123 e. The monoisotopic (exact) mass is 322 g/mol. The molecule has 2 rings (SSSR count). The van der Waals surface area contributed by atoms with E-state index in [1.54, 1.807) is 11.3 Å². The Kier molecular flexibility index (Phi) is 2.81. The number of aryl methyl sites for hydroxylation is 1. The van der Waals surface area contributed by atoms with Crippen molar-refractivity contribution in [1.82, 2.24) is 0 Å². The van der Waals surface area contributed by atoms with E-state index >= 15 is 0 Å². The maximum Gasteiger partial charge on any atom is 0.0972 e. The fourth-order valence-corrected chi connectivity index (χ4v) is 3.40. The third-order valence-corrected chi connectivity index (χ3v) is 4.19. The van der Waals surface area contributed by atoms with E-state index in [0.717, 1.165) is 10.8 Å². The number of halogens is 2. The zero-order chi connectivity index (χ0) is 9.42. The second-order valence-corrected chi connectivity index (χ2v) is 5.75. The molecule has 68 valence electrons. The van der Waals surface area contributed by atoms with Gasteiger partial charge in [0.15, 0.2) is 0 Å². The third-order valence-electron chi connectivity index (χ3n) is 2.06. The van der Waals surface area contributed by atoms with Crippen LogP contribution >= 0.6 is 45.5 Å². The quantitative estimate of drug-likeness (QED) is 0.666. The van der Waals surface area contributed by atoms with E-state index in [4.69, 9.17) is 11.6 Å². The molecule has 1 aromatic heterocycles. The molecule has 0 unspecified atom stereocenters. The highest BCUT2D eigenvalue weighted by atomic mass is 127. The van der Waals surface area contributed by atoms with Gasteiger partial charge in [0.05, 0.1) is 4.34 Å². The molecular formula is C10H8ClIS. The summed E-state index contributed by atoms with van der Waals surface area (Å²) < 4.78 is 3.51. The van der Waals surface area contributed by atoms with Crippen molar-refractivity contribution in [3.63, 3.8) is 0 Å². The SMILES string of the molecule is CCc1c(Cl)sc2ccc(I)cc12. The molecule has 0 fully saturated rings. The molecule has 0 radical (unpaired) electrons. The number of fused-ring (bicyclic) bond motifs is 1. The number of rotatable bonds is 1. The van der Waals surface area contributed by atoms with E-state index in [1.165, 1.54) is 19.2 Å². The summed E-state index contributed by atoms with van der Waals surface area (Å²) in [4.78, 5) is 0. The standard InChI is InChI=1S/C10H8ClIS/c1-2-7-8-5-6(12)3-4-9(8)13-10(7)11/h3-5H,2H2,1H3. The zero-order valence-corrected chi connectivity index (χ0v) is 10.8. The molecule has 0 spiro atoms. The van der Waals surface area contributed by atoms with Gasteiger partial charge in [0.2, 0.25) is 0 Å². The maximum absolute atomic E-state index is 6.14. The zero-order valence-electron chi connectivity index (χ0n) is 7.10. The summed E-state index contributed by atoms with van der Waals surface area (Å²) in [5.74, 6) is 0. The predicted octanol–water partition coefficient (Wildman–Crippen LogP) is 4.72. The lowest BCUT2D eigenvalue weighted by Crippen LogP contribution is -1.77. The second-order valence-electron chi connectivity index (χ2n) is 2.85. The molecular weight excluding hydrogens is 315 g/mol. The highest BCUT2D eigenvalue weighted by molar-refractivity contribution is 14.1. The van der Waals surface area contributed by atoms with Gasteiger partial charge in [0, 0.05) is 8.27 Å². The largest absolute Gasteiger partial charge is 0.123 e. The fraction of sp³-hybridized carbons (Fsp3) is 0.200. The Balaban J connectivity index is 2.80. The van der Waals surface area contributed by atoms with Crippen LogP contribution in [-0.4, -0.2) is 0 Å². The third kappa shape index (κ3) is 1.72. The molecule has 1 heterocycles. The molecule has 13 heavy (non-hydrogen) atoms. The van der Waals surface area contributed by atoms with Gasteiger partial charge < -0.3 is 0 Å². The number of hydrogen-bond donors (Lipinski definition) is 0. The predicted molar refractivity (Wildman–Crippen MR) is 68.9 cm³/mol. The van der Waals surface area contributed by atoms with E-state index in [1.807, 2.05) is 0 Å². The first-order valence-corrected chi connectivity index (χ1v) is 6.36. The first-order chi connectivity index (χ1) is 6.22. The van der Waals surface area contributed by atoms with Crippen molar-refractivity contribution in [1.29, 1.82) is 0 Å². The van der Waals surface area contributed by atoms with Gasteiger partial charge in [-0.05, 0) is 58.2 Å². The molecule has 2 aromatic rings. The Morgan fingerprint density at radius 2 is 2.23 bits per heavy atom. The molecule has 0 nitrogen and oxygen atoms in total. The first-order valence-electron chi connectivity index (χ1n) is 4.08. The van der Waals surface area contributed by atoms with Gasteiger partial charge in [0.1, 0.15) is 0 Å². The van der Waals surface area contributed by atoms with Gasteiger partial charge in [-0.1, -0.05) is 18.5 Å².